The maximum Gasteiger partial charge on any atom is 0.410 e. The van der Waals surface area contributed by atoms with Gasteiger partial charge in [0.2, 0.25) is 0 Å². The number of rotatable bonds is 4. The van der Waals surface area contributed by atoms with E-state index >= 15 is 0 Å². The molecular formula is C17H26N2O7. The minimum Gasteiger partial charge on any atom is -0.503 e. The number of aliphatic hydroxyl groups excluding tert-OH is 1. The van der Waals surface area contributed by atoms with Crippen molar-refractivity contribution in [3.8, 4) is 0 Å². The predicted molar refractivity (Wildman–Crippen MR) is 90.4 cm³/mol. The molecule has 2 aliphatic rings. The summed E-state index contributed by atoms with van der Waals surface area (Å²) in [6.45, 7) is 8.24. The normalized spacial score (nSPS) is 21.2. The van der Waals surface area contributed by atoms with Gasteiger partial charge in [0, 0.05) is 13.1 Å². The van der Waals surface area contributed by atoms with Crippen molar-refractivity contribution in [1.29, 1.82) is 0 Å². The number of morpholine rings is 1. The molecule has 1 saturated heterocycles. The third kappa shape index (κ3) is 4.87. The molecule has 1 N–H and O–H groups in total. The number of carbonyl (C=O) groups excluding carboxylic acids is 3. The molecule has 2 heterocycles. The van der Waals surface area contributed by atoms with Crippen molar-refractivity contribution in [2.45, 2.75) is 39.4 Å². The lowest BCUT2D eigenvalue weighted by Gasteiger charge is -2.35. The highest BCUT2D eigenvalue weighted by molar-refractivity contribution is 6.05. The van der Waals surface area contributed by atoms with E-state index in [9.17, 15) is 19.5 Å². The van der Waals surface area contributed by atoms with Gasteiger partial charge < -0.3 is 29.1 Å². The zero-order valence-electron chi connectivity index (χ0n) is 15.6. The number of hydrogen-bond acceptors (Lipinski definition) is 7. The molecule has 2 amide bonds. The summed E-state index contributed by atoms with van der Waals surface area (Å²) in [5.41, 5.74) is -0.656. The zero-order chi connectivity index (χ0) is 19.5. The van der Waals surface area contributed by atoms with Crippen molar-refractivity contribution in [2.24, 2.45) is 0 Å². The highest BCUT2D eigenvalue weighted by Crippen LogP contribution is 2.20. The molecule has 146 valence electrons. The van der Waals surface area contributed by atoms with Crippen LogP contribution in [0.3, 0.4) is 0 Å². The van der Waals surface area contributed by atoms with Crippen LogP contribution in [0.2, 0.25) is 0 Å². The van der Waals surface area contributed by atoms with E-state index in [4.69, 9.17) is 14.2 Å². The fourth-order valence-electron chi connectivity index (χ4n) is 2.71. The van der Waals surface area contributed by atoms with Crippen molar-refractivity contribution in [3.05, 3.63) is 11.3 Å². The molecule has 0 spiro atoms. The van der Waals surface area contributed by atoms with Crippen molar-refractivity contribution in [2.75, 3.05) is 39.4 Å². The van der Waals surface area contributed by atoms with E-state index in [1.807, 2.05) is 0 Å². The Balaban J connectivity index is 1.94. The van der Waals surface area contributed by atoms with Crippen LogP contribution >= 0.6 is 0 Å². The third-order valence-electron chi connectivity index (χ3n) is 3.86. The Hall–Kier alpha value is -2.29. The number of esters is 1. The van der Waals surface area contributed by atoms with Crippen LogP contribution in [0.4, 0.5) is 4.79 Å². The van der Waals surface area contributed by atoms with Gasteiger partial charge in [-0.3, -0.25) is 4.79 Å². The molecular weight excluding hydrogens is 344 g/mol. The van der Waals surface area contributed by atoms with E-state index in [1.165, 1.54) is 9.80 Å². The van der Waals surface area contributed by atoms with Crippen LogP contribution in [0.25, 0.3) is 0 Å². The molecule has 0 saturated carbocycles. The monoisotopic (exact) mass is 370 g/mol. The molecule has 9 heteroatoms. The topological polar surface area (TPSA) is 106 Å². The zero-order valence-corrected chi connectivity index (χ0v) is 15.6. The molecule has 0 aromatic rings. The van der Waals surface area contributed by atoms with E-state index in [0.717, 1.165) is 0 Å². The predicted octanol–water partition coefficient (Wildman–Crippen LogP) is 0.840. The summed E-state index contributed by atoms with van der Waals surface area (Å²) in [5, 5.41) is 9.88. The number of aliphatic hydroxyl groups is 1. The van der Waals surface area contributed by atoms with Crippen LogP contribution in [0.1, 0.15) is 27.7 Å². The summed E-state index contributed by atoms with van der Waals surface area (Å²) in [5.74, 6) is -1.95. The Morgan fingerprint density at radius 2 is 2.04 bits per heavy atom. The van der Waals surface area contributed by atoms with Gasteiger partial charge in [-0.15, -0.1) is 0 Å². The summed E-state index contributed by atoms with van der Waals surface area (Å²) in [6, 6.07) is 0. The summed E-state index contributed by atoms with van der Waals surface area (Å²) in [7, 11) is 0. The number of ether oxygens (including phenoxy) is 3. The van der Waals surface area contributed by atoms with Gasteiger partial charge in [-0.05, 0) is 27.7 Å². The van der Waals surface area contributed by atoms with Gasteiger partial charge in [-0.2, -0.15) is 0 Å². The molecule has 0 aromatic heterocycles. The maximum atomic E-state index is 12.2. The summed E-state index contributed by atoms with van der Waals surface area (Å²) in [4.78, 5) is 39.0. The molecule has 0 aromatic carbocycles. The molecule has 1 atom stereocenters. The lowest BCUT2D eigenvalue weighted by Crippen LogP contribution is -2.51. The Labute approximate surface area is 152 Å². The molecule has 0 bridgehead atoms. The fourth-order valence-corrected chi connectivity index (χ4v) is 2.71. The second-order valence-corrected chi connectivity index (χ2v) is 7.15. The molecule has 9 nitrogen and oxygen atoms in total. The number of carbonyl (C=O) groups is 3. The van der Waals surface area contributed by atoms with Gasteiger partial charge in [-0.25, -0.2) is 9.59 Å². The molecule has 1 fully saturated rings. The van der Waals surface area contributed by atoms with Gasteiger partial charge in [-0.1, -0.05) is 0 Å². The first-order chi connectivity index (χ1) is 12.1. The largest absolute Gasteiger partial charge is 0.503 e. The second-order valence-electron chi connectivity index (χ2n) is 7.15. The van der Waals surface area contributed by atoms with Crippen molar-refractivity contribution < 1.29 is 33.7 Å². The molecule has 0 aliphatic carbocycles. The summed E-state index contributed by atoms with van der Waals surface area (Å²) >= 11 is 0. The van der Waals surface area contributed by atoms with E-state index in [1.54, 1.807) is 27.7 Å². The highest BCUT2D eigenvalue weighted by atomic mass is 16.6. The standard InChI is InChI=1S/C17H26N2O7/c1-5-24-15(22)12-10-19(14(21)13(12)20)9-11-8-18(6-7-25-11)16(23)26-17(2,3)4/h11,20H,5-10H2,1-4H3/t11-/m0/s1. The highest BCUT2D eigenvalue weighted by Gasteiger charge is 2.37. The van der Waals surface area contributed by atoms with Crippen LogP contribution in [0, 0.1) is 0 Å². The maximum absolute atomic E-state index is 12.2. The first-order valence-corrected chi connectivity index (χ1v) is 8.60. The van der Waals surface area contributed by atoms with Crippen LogP contribution < -0.4 is 0 Å². The van der Waals surface area contributed by atoms with Crippen LogP contribution in [0.15, 0.2) is 11.3 Å². The van der Waals surface area contributed by atoms with Crippen molar-refractivity contribution in [1.82, 2.24) is 9.80 Å². The SMILES string of the molecule is CCOC(=O)C1=C(O)C(=O)N(C[C@@H]2CN(C(=O)OC(C)(C)C)CCO2)C1. The Kier molecular flexibility index (Phi) is 6.12. The van der Waals surface area contributed by atoms with Gasteiger partial charge in [0.1, 0.15) is 11.2 Å². The van der Waals surface area contributed by atoms with Crippen LogP contribution in [-0.4, -0.2) is 84.0 Å². The second kappa shape index (κ2) is 7.94. The minimum absolute atomic E-state index is 0.0458. The average molecular weight is 370 g/mol. The molecule has 26 heavy (non-hydrogen) atoms. The van der Waals surface area contributed by atoms with Crippen LogP contribution in [0.5, 0.6) is 0 Å². The lowest BCUT2D eigenvalue weighted by molar-refractivity contribution is -0.138. The smallest absolute Gasteiger partial charge is 0.410 e. The van der Waals surface area contributed by atoms with E-state index in [2.05, 4.69) is 0 Å². The quantitative estimate of drug-likeness (QED) is 0.731. The van der Waals surface area contributed by atoms with E-state index < -0.39 is 35.4 Å². The number of hydrogen-bond donors (Lipinski definition) is 1. The van der Waals surface area contributed by atoms with Gasteiger partial charge in [0.25, 0.3) is 5.91 Å². The fraction of sp³-hybridized carbons (Fsp3) is 0.706. The van der Waals surface area contributed by atoms with E-state index in [-0.39, 0.29) is 31.8 Å². The van der Waals surface area contributed by atoms with Gasteiger partial charge >= 0.3 is 12.1 Å². The number of nitrogens with zero attached hydrogens (tertiary/aromatic N) is 2. The summed E-state index contributed by atoms with van der Waals surface area (Å²) in [6.07, 6.45) is -0.874. The Morgan fingerprint density at radius 1 is 1.35 bits per heavy atom. The van der Waals surface area contributed by atoms with Crippen LogP contribution in [-0.2, 0) is 23.8 Å². The first-order valence-electron chi connectivity index (χ1n) is 8.60. The molecule has 2 rings (SSSR count). The van der Waals surface area contributed by atoms with Gasteiger partial charge in [0.05, 0.1) is 32.4 Å². The Morgan fingerprint density at radius 3 is 2.65 bits per heavy atom. The summed E-state index contributed by atoms with van der Waals surface area (Å²) < 4.78 is 15.8. The van der Waals surface area contributed by atoms with Gasteiger partial charge in [0.15, 0.2) is 5.76 Å². The number of amides is 2. The molecule has 0 unspecified atom stereocenters. The van der Waals surface area contributed by atoms with Crippen molar-refractivity contribution >= 4 is 18.0 Å². The van der Waals surface area contributed by atoms with Crippen molar-refractivity contribution in [3.63, 3.8) is 0 Å². The third-order valence-corrected chi connectivity index (χ3v) is 3.86. The Bertz CT molecular complexity index is 609. The molecule has 0 radical (unpaired) electrons. The average Bonchev–Trinajstić information content (AvgIpc) is 2.82. The first kappa shape index (κ1) is 20.0. The minimum atomic E-state index is -0.708. The van der Waals surface area contributed by atoms with E-state index in [0.29, 0.717) is 13.2 Å². The lowest BCUT2D eigenvalue weighted by atomic mass is 10.2. The molecule has 2 aliphatic heterocycles.